The van der Waals surface area contributed by atoms with E-state index in [1.807, 2.05) is 0 Å². The molecule has 72 valence electrons. The lowest BCUT2D eigenvalue weighted by Crippen LogP contribution is -2.08. The van der Waals surface area contributed by atoms with E-state index in [9.17, 15) is 9.59 Å². The lowest BCUT2D eigenvalue weighted by molar-refractivity contribution is 0.101. The zero-order valence-electron chi connectivity index (χ0n) is 7.90. The quantitative estimate of drug-likeness (QED) is 0.639. The topological polar surface area (TPSA) is 52.2 Å². The molecule has 0 N–H and O–H groups in total. The largest absolute Gasteiger partial charge is 0.419 e. The van der Waals surface area contributed by atoms with Gasteiger partial charge in [-0.3, -0.25) is 9.36 Å². The highest BCUT2D eigenvalue weighted by molar-refractivity contribution is 6.04. The minimum absolute atomic E-state index is 0.107. The van der Waals surface area contributed by atoms with Crippen LogP contribution < -0.4 is 5.76 Å². The first-order valence-electron chi connectivity index (χ1n) is 4.20. The molecule has 0 saturated carbocycles. The third-order valence-electron chi connectivity index (χ3n) is 2.20. The first-order valence-corrected chi connectivity index (χ1v) is 4.20. The van der Waals surface area contributed by atoms with Gasteiger partial charge in [-0.1, -0.05) is 6.07 Å². The number of fused-ring (bicyclic) bond motifs is 1. The maximum Gasteiger partial charge on any atom is 0.419 e. The molecule has 0 atom stereocenters. The van der Waals surface area contributed by atoms with E-state index in [0.717, 1.165) is 0 Å². The van der Waals surface area contributed by atoms with Crippen LogP contribution in [0, 0.1) is 0 Å². The number of carbonyl (C=O) groups excluding carboxylic acids is 1. The number of ketones is 1. The molecular weight excluding hydrogens is 182 g/mol. The molecule has 4 nitrogen and oxygen atoms in total. The average Bonchev–Trinajstić information content (AvgIpc) is 2.43. The number of rotatable bonds is 1. The van der Waals surface area contributed by atoms with Gasteiger partial charge in [-0.15, -0.1) is 0 Å². The minimum atomic E-state index is -0.450. The number of Topliss-reactive ketones (excluding diaryl/α,β-unsaturated/α-hetero) is 1. The third-order valence-corrected chi connectivity index (χ3v) is 2.20. The van der Waals surface area contributed by atoms with Crippen LogP contribution in [0.4, 0.5) is 0 Å². The second kappa shape index (κ2) is 2.83. The van der Waals surface area contributed by atoms with Gasteiger partial charge >= 0.3 is 5.76 Å². The van der Waals surface area contributed by atoms with Crippen LogP contribution in [-0.2, 0) is 7.05 Å². The van der Waals surface area contributed by atoms with Crippen LogP contribution in [0.2, 0.25) is 0 Å². The van der Waals surface area contributed by atoms with E-state index >= 15 is 0 Å². The molecule has 4 heteroatoms. The molecule has 0 aliphatic carbocycles. The first kappa shape index (κ1) is 8.74. The number of oxazole rings is 1. The highest BCUT2D eigenvalue weighted by atomic mass is 16.4. The Balaban J connectivity index is 2.95. The molecular formula is C10H9NO3. The summed E-state index contributed by atoms with van der Waals surface area (Å²) in [6.07, 6.45) is 0. The van der Waals surface area contributed by atoms with E-state index in [1.54, 1.807) is 25.2 Å². The summed E-state index contributed by atoms with van der Waals surface area (Å²) >= 11 is 0. The zero-order valence-corrected chi connectivity index (χ0v) is 7.90. The van der Waals surface area contributed by atoms with E-state index in [2.05, 4.69) is 0 Å². The fraction of sp³-hybridized carbons (Fsp3) is 0.200. The number of aromatic nitrogens is 1. The summed E-state index contributed by atoms with van der Waals surface area (Å²) in [6, 6.07) is 5.12. The van der Waals surface area contributed by atoms with Gasteiger partial charge in [0.1, 0.15) is 0 Å². The molecule has 0 saturated heterocycles. The highest BCUT2D eigenvalue weighted by Gasteiger charge is 2.12. The van der Waals surface area contributed by atoms with Crippen LogP contribution in [0.25, 0.3) is 11.1 Å². The molecule has 0 bridgehead atoms. The summed E-state index contributed by atoms with van der Waals surface area (Å²) in [4.78, 5) is 22.4. The van der Waals surface area contributed by atoms with Crippen LogP contribution in [0.1, 0.15) is 17.3 Å². The van der Waals surface area contributed by atoms with Gasteiger partial charge in [-0.2, -0.15) is 0 Å². The van der Waals surface area contributed by atoms with Crippen LogP contribution in [0.15, 0.2) is 27.4 Å². The van der Waals surface area contributed by atoms with E-state index in [1.165, 1.54) is 11.5 Å². The Labute approximate surface area is 79.8 Å². The Hall–Kier alpha value is -1.84. The maximum absolute atomic E-state index is 11.2. The van der Waals surface area contributed by atoms with Gasteiger partial charge in [0.15, 0.2) is 11.4 Å². The molecule has 0 fully saturated rings. The number of carbonyl (C=O) groups is 1. The van der Waals surface area contributed by atoms with Gasteiger partial charge in [0.2, 0.25) is 0 Å². The molecule has 2 rings (SSSR count). The summed E-state index contributed by atoms with van der Waals surface area (Å²) in [7, 11) is 1.61. The summed E-state index contributed by atoms with van der Waals surface area (Å²) < 4.78 is 6.35. The zero-order chi connectivity index (χ0) is 10.3. The van der Waals surface area contributed by atoms with Crippen molar-refractivity contribution in [3.8, 4) is 0 Å². The lowest BCUT2D eigenvalue weighted by Gasteiger charge is -1.95. The van der Waals surface area contributed by atoms with Gasteiger partial charge in [0.25, 0.3) is 0 Å². The number of nitrogens with zero attached hydrogens (tertiary/aromatic N) is 1. The molecule has 1 aromatic carbocycles. The molecule has 2 aromatic rings. The highest BCUT2D eigenvalue weighted by Crippen LogP contribution is 2.17. The van der Waals surface area contributed by atoms with Crippen molar-refractivity contribution >= 4 is 16.9 Å². The Morgan fingerprint density at radius 1 is 1.43 bits per heavy atom. The number of aryl methyl sites for hydroxylation is 1. The third kappa shape index (κ3) is 1.08. The number of para-hydroxylation sites is 1. The SMILES string of the molecule is CC(=O)c1cccc2c1oc(=O)n2C. The summed E-state index contributed by atoms with van der Waals surface area (Å²) in [5, 5.41) is 0. The fourth-order valence-electron chi connectivity index (χ4n) is 1.43. The molecule has 0 spiro atoms. The minimum Gasteiger partial charge on any atom is -0.407 e. The predicted molar refractivity (Wildman–Crippen MR) is 51.5 cm³/mol. The van der Waals surface area contributed by atoms with Crippen molar-refractivity contribution in [2.24, 2.45) is 7.05 Å². The molecule has 1 aromatic heterocycles. The van der Waals surface area contributed by atoms with Gasteiger partial charge < -0.3 is 4.42 Å². The monoisotopic (exact) mass is 191 g/mol. The normalized spacial score (nSPS) is 10.7. The van der Waals surface area contributed by atoms with E-state index in [4.69, 9.17) is 4.42 Å². The van der Waals surface area contributed by atoms with Crippen LogP contribution in [0.3, 0.4) is 0 Å². The van der Waals surface area contributed by atoms with Crippen molar-refractivity contribution in [3.63, 3.8) is 0 Å². The Morgan fingerprint density at radius 3 is 2.79 bits per heavy atom. The summed E-state index contributed by atoms with van der Waals surface area (Å²) in [5.41, 5.74) is 1.45. The standard InChI is InChI=1S/C10H9NO3/c1-6(12)7-4-3-5-8-9(7)14-10(13)11(8)2/h3-5H,1-2H3. The predicted octanol–water partition coefficient (Wildman–Crippen LogP) is 1.33. The van der Waals surface area contributed by atoms with E-state index in [0.29, 0.717) is 16.7 Å². The van der Waals surface area contributed by atoms with E-state index < -0.39 is 5.76 Å². The molecule has 0 unspecified atom stereocenters. The van der Waals surface area contributed by atoms with Crippen molar-refractivity contribution in [3.05, 3.63) is 34.3 Å². The number of benzene rings is 1. The van der Waals surface area contributed by atoms with Crippen LogP contribution >= 0.6 is 0 Å². The van der Waals surface area contributed by atoms with Gasteiger partial charge in [-0.05, 0) is 19.1 Å². The Bertz CT molecular complexity index is 562. The van der Waals surface area contributed by atoms with Crippen molar-refractivity contribution in [1.82, 2.24) is 4.57 Å². The first-order chi connectivity index (χ1) is 6.61. The second-order valence-electron chi connectivity index (χ2n) is 3.14. The Kier molecular flexibility index (Phi) is 1.77. The molecule has 0 aliphatic heterocycles. The number of hydrogen-bond acceptors (Lipinski definition) is 3. The van der Waals surface area contributed by atoms with E-state index in [-0.39, 0.29) is 5.78 Å². The molecule has 0 amide bonds. The van der Waals surface area contributed by atoms with Gasteiger partial charge in [-0.25, -0.2) is 4.79 Å². The molecule has 0 aliphatic rings. The van der Waals surface area contributed by atoms with Crippen molar-refractivity contribution < 1.29 is 9.21 Å². The maximum atomic E-state index is 11.2. The average molecular weight is 191 g/mol. The lowest BCUT2D eigenvalue weighted by atomic mass is 10.1. The summed E-state index contributed by atoms with van der Waals surface area (Å²) in [6.45, 7) is 1.45. The van der Waals surface area contributed by atoms with Crippen LogP contribution in [0.5, 0.6) is 0 Å². The van der Waals surface area contributed by atoms with Crippen molar-refractivity contribution in [2.45, 2.75) is 6.92 Å². The molecule has 0 radical (unpaired) electrons. The smallest absolute Gasteiger partial charge is 0.407 e. The second-order valence-corrected chi connectivity index (χ2v) is 3.14. The Morgan fingerprint density at radius 2 is 2.14 bits per heavy atom. The summed E-state index contributed by atoms with van der Waals surface area (Å²) in [5.74, 6) is -0.557. The molecule has 1 heterocycles. The van der Waals surface area contributed by atoms with Gasteiger partial charge in [0.05, 0.1) is 11.1 Å². The van der Waals surface area contributed by atoms with Gasteiger partial charge in [0, 0.05) is 7.05 Å². The fourth-order valence-corrected chi connectivity index (χ4v) is 1.43. The van der Waals surface area contributed by atoms with Crippen molar-refractivity contribution in [2.75, 3.05) is 0 Å². The number of hydrogen-bond donors (Lipinski definition) is 0. The van der Waals surface area contributed by atoms with Crippen molar-refractivity contribution in [1.29, 1.82) is 0 Å². The molecule has 14 heavy (non-hydrogen) atoms. The van der Waals surface area contributed by atoms with Crippen LogP contribution in [-0.4, -0.2) is 10.4 Å².